The number of rotatable bonds is 9. The van der Waals surface area contributed by atoms with E-state index in [0.29, 0.717) is 35.9 Å². The van der Waals surface area contributed by atoms with Crippen molar-refractivity contribution in [3.05, 3.63) is 108 Å². The summed E-state index contributed by atoms with van der Waals surface area (Å²) in [4.78, 5) is 48.5. The van der Waals surface area contributed by atoms with Gasteiger partial charge in [0.15, 0.2) is 0 Å². The molecule has 3 saturated heterocycles. The van der Waals surface area contributed by atoms with Crippen LogP contribution in [-0.2, 0) is 16.1 Å². The van der Waals surface area contributed by atoms with Gasteiger partial charge in [-0.15, -0.1) is 0 Å². The zero-order valence-corrected chi connectivity index (χ0v) is 27.6. The Morgan fingerprint density at radius 2 is 1.49 bits per heavy atom. The number of anilines is 1. The number of para-hydroxylation sites is 1. The first-order valence-corrected chi connectivity index (χ1v) is 17.2. The Labute approximate surface area is 286 Å². The number of benzene rings is 3. The topological polar surface area (TPSA) is 121 Å². The summed E-state index contributed by atoms with van der Waals surface area (Å²) in [5.74, 6) is 1.21. The van der Waals surface area contributed by atoms with Crippen LogP contribution >= 0.6 is 0 Å². The highest BCUT2D eigenvalue weighted by Gasteiger charge is 2.30. The summed E-state index contributed by atoms with van der Waals surface area (Å²) in [5.41, 5.74) is 9.77. The number of piperidine rings is 2. The average molecular weight is 659 g/mol. The van der Waals surface area contributed by atoms with Crippen molar-refractivity contribution < 1.29 is 19.1 Å². The highest BCUT2D eigenvalue weighted by Crippen LogP contribution is 2.30. The number of pyridine rings is 1. The molecule has 4 aromatic rings. The smallest absolute Gasteiger partial charge is 0.250 e. The largest absolute Gasteiger partial charge is 0.457 e. The van der Waals surface area contributed by atoms with Crippen molar-refractivity contribution in [2.75, 3.05) is 44.2 Å². The molecule has 3 amide bonds. The van der Waals surface area contributed by atoms with Gasteiger partial charge in [0.1, 0.15) is 17.3 Å². The minimum atomic E-state index is -0.499. The molecular formula is C39H42N6O4. The number of nitrogens with two attached hydrogens (primary N) is 1. The number of nitrogens with zero attached hydrogens (tertiary/aromatic N) is 4. The lowest BCUT2D eigenvalue weighted by Gasteiger charge is -2.43. The first kappa shape index (κ1) is 32.5. The third-order valence-corrected chi connectivity index (χ3v) is 9.99. The number of piperazine rings is 1. The number of hydrogen-bond acceptors (Lipinski definition) is 8. The normalized spacial score (nSPS) is 19.4. The van der Waals surface area contributed by atoms with Crippen molar-refractivity contribution in [1.29, 1.82) is 0 Å². The predicted molar refractivity (Wildman–Crippen MR) is 188 cm³/mol. The van der Waals surface area contributed by atoms with Crippen LogP contribution < -0.4 is 20.7 Å². The molecule has 252 valence electrons. The Hall–Kier alpha value is -5.06. The van der Waals surface area contributed by atoms with Gasteiger partial charge < -0.3 is 15.4 Å². The second-order valence-corrected chi connectivity index (χ2v) is 13.1. The maximum absolute atomic E-state index is 12.3. The van der Waals surface area contributed by atoms with Crippen LogP contribution in [-0.4, -0.2) is 77.8 Å². The van der Waals surface area contributed by atoms with Crippen molar-refractivity contribution in [1.82, 2.24) is 20.1 Å². The van der Waals surface area contributed by atoms with Crippen LogP contribution in [0.2, 0.25) is 0 Å². The molecule has 0 aliphatic carbocycles. The average Bonchev–Trinajstić information content (AvgIpc) is 3.13. The number of nitrogens with one attached hydrogen (secondary N) is 1. The van der Waals surface area contributed by atoms with Crippen molar-refractivity contribution in [3.8, 4) is 22.8 Å². The number of carbonyl (C=O) groups is 3. The lowest BCUT2D eigenvalue weighted by molar-refractivity contribution is -0.134. The minimum Gasteiger partial charge on any atom is -0.457 e. The van der Waals surface area contributed by atoms with E-state index in [1.807, 2.05) is 72.8 Å². The van der Waals surface area contributed by atoms with E-state index < -0.39 is 5.91 Å². The molecule has 0 bridgehead atoms. The standard InChI is InChI=1S/C39H42N6O4/c40-38(47)34-14-16-35(41-37(34)29-10-12-32(13-11-29)49-31-4-2-1-3-5-31)45-20-18-30(19-21-45)44-24-22-43(23-25-44)26-27-6-8-28(9-7-27)33-15-17-36(46)42-39(33)48/h1-14,16,30,33H,15,17-26H2,(H2,40,47)(H,42,46,48). The van der Waals surface area contributed by atoms with Crippen LogP contribution in [0, 0.1) is 0 Å². The molecule has 0 saturated carbocycles. The molecule has 7 rings (SSSR count). The number of aromatic nitrogens is 1. The van der Waals surface area contributed by atoms with Gasteiger partial charge in [-0.2, -0.15) is 0 Å². The highest BCUT2D eigenvalue weighted by molar-refractivity contribution is 6.01. The van der Waals surface area contributed by atoms with Crippen LogP contribution in [0.4, 0.5) is 5.82 Å². The van der Waals surface area contributed by atoms with E-state index in [0.717, 1.165) is 81.3 Å². The summed E-state index contributed by atoms with van der Waals surface area (Å²) < 4.78 is 5.94. The van der Waals surface area contributed by atoms with E-state index in [-0.39, 0.29) is 17.7 Å². The Balaban J connectivity index is 0.916. The summed E-state index contributed by atoms with van der Waals surface area (Å²) in [6.07, 6.45) is 3.08. The lowest BCUT2D eigenvalue weighted by atomic mass is 9.90. The van der Waals surface area contributed by atoms with Gasteiger partial charge in [-0.3, -0.25) is 29.5 Å². The van der Waals surface area contributed by atoms with Crippen LogP contribution in [0.3, 0.4) is 0 Å². The Morgan fingerprint density at radius 3 is 2.16 bits per heavy atom. The maximum Gasteiger partial charge on any atom is 0.250 e. The van der Waals surface area contributed by atoms with Gasteiger partial charge >= 0.3 is 0 Å². The Morgan fingerprint density at radius 1 is 0.796 bits per heavy atom. The summed E-state index contributed by atoms with van der Waals surface area (Å²) in [5, 5.41) is 2.46. The van der Waals surface area contributed by atoms with E-state index in [9.17, 15) is 14.4 Å². The molecule has 1 unspecified atom stereocenters. The third kappa shape index (κ3) is 7.66. The fraction of sp³-hybridized carbons (Fsp3) is 0.333. The van der Waals surface area contributed by atoms with Crippen molar-refractivity contribution in [3.63, 3.8) is 0 Å². The van der Waals surface area contributed by atoms with Gasteiger partial charge in [0.2, 0.25) is 11.8 Å². The van der Waals surface area contributed by atoms with E-state index in [1.54, 1.807) is 6.07 Å². The van der Waals surface area contributed by atoms with Crippen molar-refractivity contribution in [2.24, 2.45) is 5.73 Å². The zero-order chi connectivity index (χ0) is 33.7. The van der Waals surface area contributed by atoms with Gasteiger partial charge in [0.05, 0.1) is 17.2 Å². The van der Waals surface area contributed by atoms with Gasteiger partial charge in [-0.1, -0.05) is 42.5 Å². The molecule has 3 aliphatic heterocycles. The molecule has 1 atom stereocenters. The third-order valence-electron chi connectivity index (χ3n) is 9.99. The molecular weight excluding hydrogens is 616 g/mol. The number of primary amides is 1. The van der Waals surface area contributed by atoms with E-state index in [2.05, 4.69) is 32.1 Å². The SMILES string of the molecule is NC(=O)c1ccc(N2CCC(N3CCN(Cc4ccc(C5CCC(=O)NC5=O)cc4)CC3)CC2)nc1-c1ccc(Oc2ccccc2)cc1. The molecule has 10 nitrogen and oxygen atoms in total. The van der Waals surface area contributed by atoms with E-state index >= 15 is 0 Å². The monoisotopic (exact) mass is 658 g/mol. The molecule has 3 N–H and O–H groups in total. The van der Waals surface area contributed by atoms with Crippen molar-refractivity contribution in [2.45, 2.75) is 44.2 Å². The number of ether oxygens (including phenoxy) is 1. The molecule has 3 fully saturated rings. The zero-order valence-electron chi connectivity index (χ0n) is 27.6. The van der Waals surface area contributed by atoms with Gasteiger partial charge in [0, 0.05) is 63.8 Å². The van der Waals surface area contributed by atoms with Gasteiger partial charge in [-0.25, -0.2) is 4.98 Å². The van der Waals surface area contributed by atoms with E-state index in [4.69, 9.17) is 15.5 Å². The molecule has 3 aromatic carbocycles. The van der Waals surface area contributed by atoms with Gasteiger partial charge in [0.25, 0.3) is 5.91 Å². The first-order valence-electron chi connectivity index (χ1n) is 17.2. The molecule has 0 spiro atoms. The van der Waals surface area contributed by atoms with E-state index in [1.165, 1.54) is 5.56 Å². The molecule has 0 radical (unpaired) electrons. The summed E-state index contributed by atoms with van der Waals surface area (Å²) in [6.45, 7) is 6.80. The fourth-order valence-electron chi connectivity index (χ4n) is 7.22. The molecule has 3 aliphatic rings. The second kappa shape index (κ2) is 14.6. The summed E-state index contributed by atoms with van der Waals surface area (Å²) >= 11 is 0. The molecule has 10 heteroatoms. The summed E-state index contributed by atoms with van der Waals surface area (Å²) in [7, 11) is 0. The quantitative estimate of drug-likeness (QED) is 0.243. The van der Waals surface area contributed by atoms with Crippen LogP contribution in [0.15, 0.2) is 91.0 Å². The summed E-state index contributed by atoms with van der Waals surface area (Å²) in [6, 6.07) is 29.8. The molecule has 1 aromatic heterocycles. The Kier molecular flexibility index (Phi) is 9.68. The molecule has 49 heavy (non-hydrogen) atoms. The van der Waals surface area contributed by atoms with Crippen LogP contribution in [0.5, 0.6) is 11.5 Å². The number of carbonyl (C=O) groups excluding carboxylic acids is 3. The number of imide groups is 1. The van der Waals surface area contributed by atoms with Gasteiger partial charge in [-0.05, 0) is 78.9 Å². The van der Waals surface area contributed by atoms with Crippen LogP contribution in [0.1, 0.15) is 53.1 Å². The maximum atomic E-state index is 12.3. The van der Waals surface area contributed by atoms with Crippen molar-refractivity contribution >= 4 is 23.5 Å². The second-order valence-electron chi connectivity index (χ2n) is 13.1. The fourth-order valence-corrected chi connectivity index (χ4v) is 7.22. The highest BCUT2D eigenvalue weighted by atomic mass is 16.5. The molecule has 4 heterocycles. The Bertz CT molecular complexity index is 1780. The minimum absolute atomic E-state index is 0.182. The predicted octanol–water partition coefficient (Wildman–Crippen LogP) is 4.95. The first-order chi connectivity index (χ1) is 23.9. The number of amides is 3. The van der Waals surface area contributed by atoms with Crippen LogP contribution in [0.25, 0.3) is 11.3 Å². The number of hydrogen-bond donors (Lipinski definition) is 2. The lowest BCUT2D eigenvalue weighted by Crippen LogP contribution is -2.53.